The van der Waals surface area contributed by atoms with Gasteiger partial charge in [-0.05, 0) is 43.2 Å². The normalized spacial score (nSPS) is 11.6. The Balaban J connectivity index is 2.25. The van der Waals surface area contributed by atoms with Crippen molar-refractivity contribution in [2.24, 2.45) is 4.99 Å². The van der Waals surface area contributed by atoms with E-state index in [9.17, 15) is 4.79 Å². The lowest BCUT2D eigenvalue weighted by atomic mass is 10.1. The molecular weight excluding hydrogens is 360 g/mol. The largest absolute Gasteiger partial charge is 0.496 e. The first-order valence-corrected chi connectivity index (χ1v) is 9.33. The quantitative estimate of drug-likeness (QED) is 0.620. The number of carbonyl (C=O) groups excluding carboxylic acids is 1. The fourth-order valence-electron chi connectivity index (χ4n) is 3.11. The molecule has 0 unspecified atom stereocenters. The molecule has 0 bridgehead atoms. The molecule has 2 aromatic carbocycles. The van der Waals surface area contributed by atoms with E-state index in [1.165, 1.54) is 31.1 Å². The van der Waals surface area contributed by atoms with Gasteiger partial charge < -0.3 is 14.0 Å². The zero-order valence-corrected chi connectivity index (χ0v) is 16.7. The Bertz CT molecular complexity index is 1070. The second-order valence-electron chi connectivity index (χ2n) is 6.17. The topological polar surface area (TPSA) is 52.8 Å². The highest BCUT2D eigenvalue weighted by atomic mass is 32.1. The monoisotopic (exact) mass is 382 g/mol. The number of ether oxygens (including phenoxy) is 2. The number of benzene rings is 2. The van der Waals surface area contributed by atoms with Crippen molar-refractivity contribution in [2.75, 3.05) is 14.2 Å². The molecule has 0 saturated carbocycles. The molecule has 0 radical (unpaired) electrons. The second kappa shape index (κ2) is 7.80. The lowest BCUT2D eigenvalue weighted by Gasteiger charge is -2.09. The van der Waals surface area contributed by atoms with Gasteiger partial charge in [-0.3, -0.25) is 4.79 Å². The summed E-state index contributed by atoms with van der Waals surface area (Å²) in [6, 6.07) is 9.46. The summed E-state index contributed by atoms with van der Waals surface area (Å²) < 4.78 is 13.8. The molecule has 27 heavy (non-hydrogen) atoms. The summed E-state index contributed by atoms with van der Waals surface area (Å²) in [7, 11) is 3.05. The molecule has 1 heterocycles. The van der Waals surface area contributed by atoms with Crippen LogP contribution in [0.15, 0.2) is 48.0 Å². The number of rotatable bonds is 5. The van der Waals surface area contributed by atoms with Gasteiger partial charge in [-0.2, -0.15) is 4.99 Å². The molecule has 0 aliphatic heterocycles. The van der Waals surface area contributed by atoms with Crippen LogP contribution in [-0.4, -0.2) is 24.7 Å². The minimum absolute atomic E-state index is 0.318. The van der Waals surface area contributed by atoms with Gasteiger partial charge in [0.2, 0.25) is 0 Å². The highest BCUT2D eigenvalue weighted by molar-refractivity contribution is 7.16. The van der Waals surface area contributed by atoms with Crippen LogP contribution < -0.4 is 14.3 Å². The van der Waals surface area contributed by atoms with E-state index >= 15 is 0 Å². The molecular formula is C21H22N2O3S. The van der Waals surface area contributed by atoms with Gasteiger partial charge in [0.05, 0.1) is 24.4 Å². The van der Waals surface area contributed by atoms with Crippen molar-refractivity contribution in [2.45, 2.75) is 20.4 Å². The summed E-state index contributed by atoms with van der Waals surface area (Å²) in [5.41, 5.74) is 3.70. The van der Waals surface area contributed by atoms with Gasteiger partial charge in [-0.25, -0.2) is 0 Å². The smallest absolute Gasteiger partial charge is 0.287 e. The molecule has 1 aromatic heterocycles. The van der Waals surface area contributed by atoms with Crippen molar-refractivity contribution in [1.82, 2.24) is 4.57 Å². The molecule has 3 aromatic rings. The minimum atomic E-state index is -0.400. The van der Waals surface area contributed by atoms with Crippen LogP contribution in [-0.2, 0) is 6.54 Å². The van der Waals surface area contributed by atoms with Gasteiger partial charge in [0.25, 0.3) is 5.91 Å². The van der Waals surface area contributed by atoms with Crippen LogP contribution in [0.25, 0.3) is 10.2 Å². The first-order chi connectivity index (χ1) is 13.0. The van der Waals surface area contributed by atoms with E-state index in [4.69, 9.17) is 9.47 Å². The molecule has 140 valence electrons. The van der Waals surface area contributed by atoms with E-state index in [-0.39, 0.29) is 0 Å². The maximum absolute atomic E-state index is 13.0. The predicted octanol–water partition coefficient (Wildman–Crippen LogP) is 4.26. The maximum Gasteiger partial charge on any atom is 0.287 e. The zero-order valence-electron chi connectivity index (χ0n) is 15.9. The number of aromatic nitrogens is 1. The zero-order chi connectivity index (χ0) is 19.6. The van der Waals surface area contributed by atoms with Crippen molar-refractivity contribution in [3.05, 3.63) is 64.5 Å². The number of fused-ring (bicyclic) bond motifs is 1. The van der Waals surface area contributed by atoms with Gasteiger partial charge in [-0.15, -0.1) is 6.58 Å². The first-order valence-electron chi connectivity index (χ1n) is 8.51. The summed E-state index contributed by atoms with van der Waals surface area (Å²) in [4.78, 5) is 18.0. The number of amides is 1. The van der Waals surface area contributed by atoms with Gasteiger partial charge in [0.15, 0.2) is 4.80 Å². The summed E-state index contributed by atoms with van der Waals surface area (Å²) in [6.07, 6.45) is 1.80. The maximum atomic E-state index is 13.0. The first kappa shape index (κ1) is 18.9. The van der Waals surface area contributed by atoms with Crippen LogP contribution in [0.5, 0.6) is 11.5 Å². The molecule has 0 N–H and O–H groups in total. The third-order valence-electron chi connectivity index (χ3n) is 4.26. The van der Waals surface area contributed by atoms with Crippen molar-refractivity contribution < 1.29 is 14.3 Å². The number of carbonyl (C=O) groups is 1. The van der Waals surface area contributed by atoms with E-state index in [2.05, 4.69) is 37.6 Å². The Morgan fingerprint density at radius 3 is 2.48 bits per heavy atom. The standard InChI is InChI=1S/C21H22N2O3S/c1-6-10-23-15-12-13(2)11-14(3)19(15)27-21(23)22-20(24)18-16(25-4)8-7-9-17(18)26-5/h6-9,11-12H,1,10H2,2-5H3. The van der Waals surface area contributed by atoms with Crippen molar-refractivity contribution in [3.63, 3.8) is 0 Å². The van der Waals surface area contributed by atoms with E-state index in [0.717, 1.165) is 15.8 Å². The van der Waals surface area contributed by atoms with Crippen LogP contribution in [0.1, 0.15) is 21.5 Å². The number of hydrogen-bond acceptors (Lipinski definition) is 4. The molecule has 1 amide bonds. The van der Waals surface area contributed by atoms with Gasteiger partial charge in [0.1, 0.15) is 17.1 Å². The Hall–Kier alpha value is -2.86. The number of thiazole rings is 1. The van der Waals surface area contributed by atoms with Crippen molar-refractivity contribution >= 4 is 27.5 Å². The Labute approximate surface area is 162 Å². The number of nitrogens with zero attached hydrogens (tertiary/aromatic N) is 2. The van der Waals surface area contributed by atoms with Crippen LogP contribution in [0.2, 0.25) is 0 Å². The molecule has 3 rings (SSSR count). The van der Waals surface area contributed by atoms with Crippen LogP contribution >= 0.6 is 11.3 Å². The predicted molar refractivity (Wildman–Crippen MR) is 109 cm³/mol. The number of methoxy groups -OCH3 is 2. The molecule has 0 spiro atoms. The fraction of sp³-hybridized carbons (Fsp3) is 0.238. The van der Waals surface area contributed by atoms with Crippen molar-refractivity contribution in [1.29, 1.82) is 0 Å². The third kappa shape index (κ3) is 3.53. The molecule has 0 atom stereocenters. The average Bonchev–Trinajstić information content (AvgIpc) is 2.99. The number of aryl methyl sites for hydroxylation is 2. The van der Waals surface area contributed by atoms with Crippen LogP contribution in [0, 0.1) is 13.8 Å². The number of hydrogen-bond donors (Lipinski definition) is 0. The SMILES string of the molecule is C=CCn1c(=NC(=O)c2c(OC)cccc2OC)sc2c(C)cc(C)cc21. The molecule has 0 saturated heterocycles. The van der Waals surface area contributed by atoms with Crippen LogP contribution in [0.4, 0.5) is 0 Å². The van der Waals surface area contributed by atoms with Gasteiger partial charge >= 0.3 is 0 Å². The van der Waals surface area contributed by atoms with Gasteiger partial charge in [0, 0.05) is 6.54 Å². The van der Waals surface area contributed by atoms with Gasteiger partial charge in [-0.1, -0.05) is 29.5 Å². The Kier molecular flexibility index (Phi) is 5.46. The average molecular weight is 382 g/mol. The highest BCUT2D eigenvalue weighted by Gasteiger charge is 2.18. The lowest BCUT2D eigenvalue weighted by Crippen LogP contribution is -2.17. The molecule has 0 aliphatic carbocycles. The summed E-state index contributed by atoms with van der Waals surface area (Å²) in [5, 5.41) is 0. The Morgan fingerprint density at radius 1 is 1.22 bits per heavy atom. The molecule has 5 nitrogen and oxygen atoms in total. The summed E-state index contributed by atoms with van der Waals surface area (Å²) in [5.74, 6) is 0.473. The fourth-order valence-corrected chi connectivity index (χ4v) is 4.20. The van der Waals surface area contributed by atoms with Crippen LogP contribution in [0.3, 0.4) is 0 Å². The van der Waals surface area contributed by atoms with Crippen molar-refractivity contribution in [3.8, 4) is 11.5 Å². The van der Waals surface area contributed by atoms with E-state index in [1.54, 1.807) is 24.3 Å². The third-order valence-corrected chi connectivity index (χ3v) is 5.49. The molecule has 0 aliphatic rings. The second-order valence-corrected chi connectivity index (χ2v) is 7.15. The molecule has 0 fully saturated rings. The summed E-state index contributed by atoms with van der Waals surface area (Å²) >= 11 is 1.50. The highest BCUT2D eigenvalue weighted by Crippen LogP contribution is 2.29. The Morgan fingerprint density at radius 2 is 1.89 bits per heavy atom. The summed E-state index contributed by atoms with van der Waals surface area (Å²) in [6.45, 7) is 8.53. The van der Waals surface area contributed by atoms with E-state index in [0.29, 0.717) is 28.4 Å². The lowest BCUT2D eigenvalue weighted by molar-refractivity contribution is 0.0992. The number of allylic oxidation sites excluding steroid dienone is 1. The molecule has 6 heteroatoms. The minimum Gasteiger partial charge on any atom is -0.496 e. The van der Waals surface area contributed by atoms with E-state index in [1.807, 2.05) is 4.57 Å². The van der Waals surface area contributed by atoms with E-state index < -0.39 is 5.91 Å².